The fourth-order valence-electron chi connectivity index (χ4n) is 6.30. The van der Waals surface area contributed by atoms with Gasteiger partial charge in [-0.2, -0.15) is 5.26 Å². The highest BCUT2D eigenvalue weighted by Gasteiger charge is 2.24. The molecule has 39 heavy (non-hydrogen) atoms. The lowest BCUT2D eigenvalue weighted by molar-refractivity contribution is -0.660. The highest BCUT2D eigenvalue weighted by molar-refractivity contribution is 6.14. The van der Waals surface area contributed by atoms with E-state index < -0.39 is 6.37 Å². The smallest absolute Gasteiger partial charge is 0.216 e. The summed E-state index contributed by atoms with van der Waals surface area (Å²) in [5.41, 5.74) is 8.81. The number of aryl methyl sites for hydroxylation is 2. The molecule has 0 saturated heterocycles. The average molecular weight is 516 g/mol. The Kier molecular flexibility index (Phi) is 6.11. The van der Waals surface area contributed by atoms with E-state index in [-0.39, 0.29) is 5.92 Å². The van der Waals surface area contributed by atoms with Crippen LogP contribution in [0.1, 0.15) is 76.9 Å². The van der Waals surface area contributed by atoms with Crippen molar-refractivity contribution in [1.82, 2.24) is 0 Å². The molecule has 0 atom stereocenters. The first-order valence-corrected chi connectivity index (χ1v) is 14.2. The predicted octanol–water partition coefficient (Wildman–Crippen LogP) is 9.17. The van der Waals surface area contributed by atoms with E-state index in [1.807, 2.05) is 55.9 Å². The van der Waals surface area contributed by atoms with Crippen LogP contribution in [0.4, 0.5) is 0 Å². The number of hydrogen-bond donors (Lipinski definition) is 0. The van der Waals surface area contributed by atoms with Gasteiger partial charge in [-0.15, -0.1) is 0 Å². The molecular weight excluding hydrogens is 476 g/mol. The molecule has 0 amide bonds. The summed E-state index contributed by atoms with van der Waals surface area (Å²) in [6.45, 7) is 5.89. The normalized spacial score (nSPS) is 15.5. The van der Waals surface area contributed by atoms with Gasteiger partial charge in [0.15, 0.2) is 6.20 Å². The summed E-state index contributed by atoms with van der Waals surface area (Å²) < 4.78 is 26.2. The Morgan fingerprint density at radius 2 is 1.64 bits per heavy atom. The zero-order chi connectivity index (χ0) is 28.9. The Hall–Kier alpha value is -3.90. The van der Waals surface area contributed by atoms with Gasteiger partial charge in [0.2, 0.25) is 5.69 Å². The maximum atomic E-state index is 10.1. The van der Waals surface area contributed by atoms with Crippen molar-refractivity contribution in [3.63, 3.8) is 0 Å². The van der Waals surface area contributed by atoms with Gasteiger partial charge in [0.05, 0.1) is 17.2 Å². The van der Waals surface area contributed by atoms with E-state index in [2.05, 4.69) is 49.4 Å². The van der Waals surface area contributed by atoms with Crippen LogP contribution in [0, 0.1) is 24.2 Å². The lowest BCUT2D eigenvalue weighted by Gasteiger charge is -2.22. The summed E-state index contributed by atoms with van der Waals surface area (Å²) in [5.74, 6) is 0.460. The molecule has 3 aromatic carbocycles. The zero-order valence-electron chi connectivity index (χ0n) is 25.3. The number of pyridine rings is 1. The third-order valence-electron chi connectivity index (χ3n) is 8.28. The Labute approximate surface area is 234 Å². The number of nitrogens with zero attached hydrogens (tertiary/aromatic N) is 2. The third kappa shape index (κ3) is 4.63. The molecule has 0 aliphatic heterocycles. The van der Waals surface area contributed by atoms with Crippen molar-refractivity contribution in [3.05, 3.63) is 89.1 Å². The molecule has 5 aromatic rings. The van der Waals surface area contributed by atoms with E-state index in [0.29, 0.717) is 22.6 Å². The molecule has 196 valence electrons. The van der Waals surface area contributed by atoms with Gasteiger partial charge < -0.3 is 4.42 Å². The van der Waals surface area contributed by atoms with Crippen LogP contribution in [0.3, 0.4) is 0 Å². The molecule has 0 spiro atoms. The van der Waals surface area contributed by atoms with Gasteiger partial charge in [-0.1, -0.05) is 69.5 Å². The van der Waals surface area contributed by atoms with Gasteiger partial charge in [-0.25, -0.2) is 4.57 Å². The maximum absolute atomic E-state index is 10.1. The summed E-state index contributed by atoms with van der Waals surface area (Å²) in [6, 6.07) is 23.1. The number of aromatic nitrogens is 1. The molecule has 3 heteroatoms. The van der Waals surface area contributed by atoms with Crippen LogP contribution in [0.15, 0.2) is 71.3 Å². The first kappa shape index (κ1) is 23.0. The van der Waals surface area contributed by atoms with E-state index in [1.54, 1.807) is 0 Å². The highest BCUT2D eigenvalue weighted by Crippen LogP contribution is 2.42. The zero-order valence-corrected chi connectivity index (χ0v) is 23.3. The standard InChI is InChI=1S/C36H37N2O/c1-23(2)20-25-18-19-38(4)32(21-25)33-24(3)10-16-30-31-17-15-29(22-37)34(36(31)39-35(30)33)28-13-11-27(12-14-28)26-8-6-5-7-9-26/h10-19,21,23,26H,5-9,20H2,1-4H3/q+1/i20D2. The minimum absolute atomic E-state index is 0.164. The van der Waals surface area contributed by atoms with E-state index in [0.717, 1.165) is 44.3 Å². The Balaban J connectivity index is 1.55. The van der Waals surface area contributed by atoms with Gasteiger partial charge >= 0.3 is 0 Å². The summed E-state index contributed by atoms with van der Waals surface area (Å²) in [4.78, 5) is 0. The number of benzene rings is 3. The van der Waals surface area contributed by atoms with Gasteiger partial charge in [0.25, 0.3) is 0 Å². The molecular formula is C36H37N2O+. The van der Waals surface area contributed by atoms with E-state index >= 15 is 0 Å². The molecule has 1 saturated carbocycles. The molecule has 6 rings (SSSR count). The second kappa shape index (κ2) is 10.3. The monoisotopic (exact) mass is 515 g/mol. The van der Waals surface area contributed by atoms with E-state index in [9.17, 15) is 5.26 Å². The second-order valence-electron chi connectivity index (χ2n) is 11.4. The summed E-state index contributed by atoms with van der Waals surface area (Å²) in [7, 11) is 1.98. The summed E-state index contributed by atoms with van der Waals surface area (Å²) in [5, 5.41) is 12.1. The number of rotatable bonds is 5. The minimum Gasteiger partial charge on any atom is -0.454 e. The van der Waals surface area contributed by atoms with Crippen LogP contribution in [0.2, 0.25) is 0 Å². The largest absolute Gasteiger partial charge is 0.454 e. The SMILES string of the molecule is [2H]C([2H])(c1cc[n+](C)c(-c2c(C)ccc3c2oc2c(-c4ccc(C5CCCCC5)cc4)c(C#N)ccc23)c1)C(C)C. The van der Waals surface area contributed by atoms with Crippen molar-refractivity contribution in [2.45, 2.75) is 65.2 Å². The number of furan rings is 1. The molecule has 0 unspecified atom stereocenters. The van der Waals surface area contributed by atoms with Crippen molar-refractivity contribution in [2.75, 3.05) is 0 Å². The number of fused-ring (bicyclic) bond motifs is 3. The van der Waals surface area contributed by atoms with Crippen LogP contribution >= 0.6 is 0 Å². The molecule has 3 nitrogen and oxygen atoms in total. The molecule has 2 aromatic heterocycles. The molecule has 1 fully saturated rings. The minimum atomic E-state index is -1.46. The van der Waals surface area contributed by atoms with Gasteiger partial charge in [-0.05, 0) is 72.4 Å². The van der Waals surface area contributed by atoms with Crippen molar-refractivity contribution >= 4 is 21.9 Å². The van der Waals surface area contributed by atoms with Crippen molar-refractivity contribution < 1.29 is 11.7 Å². The lowest BCUT2D eigenvalue weighted by atomic mass is 9.83. The molecule has 1 aliphatic rings. The number of nitriles is 1. The Morgan fingerprint density at radius 1 is 0.949 bits per heavy atom. The first-order chi connectivity index (χ1) is 19.7. The van der Waals surface area contributed by atoms with Crippen molar-refractivity contribution in [3.8, 4) is 28.5 Å². The highest BCUT2D eigenvalue weighted by atomic mass is 16.3. The lowest BCUT2D eigenvalue weighted by Crippen LogP contribution is -2.31. The molecule has 2 heterocycles. The van der Waals surface area contributed by atoms with Crippen LogP contribution < -0.4 is 4.57 Å². The summed E-state index contributed by atoms with van der Waals surface area (Å²) in [6.07, 6.45) is 6.91. The van der Waals surface area contributed by atoms with Gasteiger partial charge in [0.1, 0.15) is 18.2 Å². The predicted molar refractivity (Wildman–Crippen MR) is 160 cm³/mol. The van der Waals surface area contributed by atoms with E-state index in [1.165, 1.54) is 37.7 Å². The summed E-state index contributed by atoms with van der Waals surface area (Å²) >= 11 is 0. The first-order valence-electron chi connectivity index (χ1n) is 15.2. The number of hydrogen-bond acceptors (Lipinski definition) is 2. The maximum Gasteiger partial charge on any atom is 0.216 e. The Bertz CT molecular complexity index is 1800. The van der Waals surface area contributed by atoms with Gasteiger partial charge in [0, 0.05) is 31.2 Å². The fourth-order valence-corrected chi connectivity index (χ4v) is 6.30. The Morgan fingerprint density at radius 3 is 2.33 bits per heavy atom. The molecule has 0 bridgehead atoms. The van der Waals surface area contributed by atoms with Crippen molar-refractivity contribution in [2.24, 2.45) is 13.0 Å². The van der Waals surface area contributed by atoms with Gasteiger partial charge in [-0.3, -0.25) is 0 Å². The van der Waals surface area contributed by atoms with Crippen molar-refractivity contribution in [1.29, 1.82) is 5.26 Å². The topological polar surface area (TPSA) is 40.8 Å². The van der Waals surface area contributed by atoms with E-state index in [4.69, 9.17) is 7.16 Å². The fraction of sp³-hybridized carbons (Fsp3) is 0.333. The van der Waals surface area contributed by atoms with Crippen LogP contribution in [-0.2, 0) is 13.4 Å². The quantitative estimate of drug-likeness (QED) is 0.219. The third-order valence-corrected chi connectivity index (χ3v) is 8.28. The molecule has 0 N–H and O–H groups in total. The second-order valence-corrected chi connectivity index (χ2v) is 11.4. The average Bonchev–Trinajstić information content (AvgIpc) is 3.36. The van der Waals surface area contributed by atoms with Crippen LogP contribution in [0.5, 0.6) is 0 Å². The molecule has 0 radical (unpaired) electrons. The molecule has 1 aliphatic carbocycles. The van der Waals surface area contributed by atoms with Crippen LogP contribution in [0.25, 0.3) is 44.3 Å². The van der Waals surface area contributed by atoms with Crippen LogP contribution in [-0.4, -0.2) is 0 Å².